The number of allylic oxidation sites excluding steroid dienone is 1. The summed E-state index contributed by atoms with van der Waals surface area (Å²) >= 11 is 0. The van der Waals surface area contributed by atoms with E-state index >= 15 is 0 Å². The molecule has 0 aromatic heterocycles. The van der Waals surface area contributed by atoms with E-state index in [0.29, 0.717) is 31.8 Å². The Balaban J connectivity index is 1.96. The van der Waals surface area contributed by atoms with E-state index in [1.807, 2.05) is 32.0 Å². The molecule has 1 aliphatic carbocycles. The van der Waals surface area contributed by atoms with Crippen LogP contribution in [0.5, 0.6) is 5.75 Å². The number of likely N-dealkylation sites (N-methyl/N-ethyl adjacent to an activating group) is 1. The van der Waals surface area contributed by atoms with E-state index in [-0.39, 0.29) is 36.3 Å². The molecular formula is C31H39F2N3O5. The molecule has 222 valence electrons. The van der Waals surface area contributed by atoms with Crippen molar-refractivity contribution in [3.05, 3.63) is 88.7 Å². The molecule has 0 saturated carbocycles. The van der Waals surface area contributed by atoms with Crippen molar-refractivity contribution < 1.29 is 33.3 Å². The van der Waals surface area contributed by atoms with E-state index in [2.05, 4.69) is 5.32 Å². The molecule has 0 heterocycles. The molecule has 0 bridgehead atoms. The Kier molecular flexibility index (Phi) is 11.0. The Morgan fingerprint density at radius 1 is 1.15 bits per heavy atom. The highest BCUT2D eigenvalue weighted by molar-refractivity contribution is 5.97. The second-order valence-electron chi connectivity index (χ2n) is 10.3. The van der Waals surface area contributed by atoms with Crippen LogP contribution in [0.4, 0.5) is 8.78 Å². The van der Waals surface area contributed by atoms with Gasteiger partial charge in [-0.15, -0.1) is 0 Å². The minimum absolute atomic E-state index is 0.00155. The number of benzene rings is 2. The van der Waals surface area contributed by atoms with Crippen LogP contribution in [0.3, 0.4) is 0 Å². The van der Waals surface area contributed by atoms with Crippen LogP contribution in [0, 0.1) is 23.0 Å². The summed E-state index contributed by atoms with van der Waals surface area (Å²) in [7, 11) is 1.56. The molecule has 0 saturated heterocycles. The van der Waals surface area contributed by atoms with Gasteiger partial charge in [-0.25, -0.2) is 8.78 Å². The van der Waals surface area contributed by atoms with Gasteiger partial charge in [0.1, 0.15) is 23.1 Å². The van der Waals surface area contributed by atoms with Crippen molar-refractivity contribution in [2.45, 2.75) is 45.8 Å². The van der Waals surface area contributed by atoms with Gasteiger partial charge in [0, 0.05) is 38.2 Å². The predicted octanol–water partition coefficient (Wildman–Crippen LogP) is 3.79. The zero-order valence-corrected chi connectivity index (χ0v) is 23.7. The van der Waals surface area contributed by atoms with E-state index in [0.717, 1.165) is 23.8 Å². The van der Waals surface area contributed by atoms with Crippen LogP contribution < -0.4 is 15.8 Å². The maximum absolute atomic E-state index is 14.1. The molecule has 3 rings (SSSR count). The topological polar surface area (TPSA) is 125 Å². The van der Waals surface area contributed by atoms with Gasteiger partial charge in [-0.05, 0) is 67.7 Å². The summed E-state index contributed by atoms with van der Waals surface area (Å²) in [4.78, 5) is 28.2. The number of hydrogen-bond donors (Lipinski definition) is 4. The van der Waals surface area contributed by atoms with Crippen molar-refractivity contribution in [1.82, 2.24) is 10.2 Å². The molecule has 10 heteroatoms. The van der Waals surface area contributed by atoms with Crippen molar-refractivity contribution >= 4 is 11.8 Å². The normalized spacial score (nSPS) is 18.2. The van der Waals surface area contributed by atoms with Gasteiger partial charge in [-0.2, -0.15) is 0 Å². The molecule has 3 atom stereocenters. The van der Waals surface area contributed by atoms with Gasteiger partial charge < -0.3 is 30.9 Å². The lowest BCUT2D eigenvalue weighted by molar-refractivity contribution is -0.132. The molecule has 5 N–H and O–H groups in total. The van der Waals surface area contributed by atoms with Gasteiger partial charge in [0.05, 0.1) is 24.2 Å². The average molecular weight is 572 g/mol. The van der Waals surface area contributed by atoms with Crippen LogP contribution in [0.15, 0.2) is 65.9 Å². The SMILES string of the molecule is CCCN(CC)C(=O)C1=C(O)C=CC(C(N)=O)([C@H](Cc2cc(F)cc(F)c2)[C@@H](O)CNCc2cccc(OC)c2)C1. The standard InChI is InChI=1S/C31H39F2N3O5/c1-4-11-36(5-2)29(39)25-17-31(30(34)40,10-9-27(25)37)26(15-21-12-22(32)16-23(33)13-21)28(38)19-35-18-20-7-6-8-24(14-20)41-3/h6-10,12-14,16,26,28,35,37-38H,4-5,11,15,17-19H2,1-3H3,(H2,34,40)/t26-,28+,31?/m1/s1. The monoisotopic (exact) mass is 571 g/mol. The van der Waals surface area contributed by atoms with Crippen molar-refractivity contribution in [2.75, 3.05) is 26.7 Å². The summed E-state index contributed by atoms with van der Waals surface area (Å²) in [5.74, 6) is -3.51. The minimum Gasteiger partial charge on any atom is -0.507 e. The van der Waals surface area contributed by atoms with Crippen molar-refractivity contribution in [3.8, 4) is 5.75 Å². The predicted molar refractivity (Wildman–Crippen MR) is 152 cm³/mol. The van der Waals surface area contributed by atoms with Crippen molar-refractivity contribution in [3.63, 3.8) is 0 Å². The fourth-order valence-electron chi connectivity index (χ4n) is 5.36. The third kappa shape index (κ3) is 7.71. The van der Waals surface area contributed by atoms with Gasteiger partial charge in [0.2, 0.25) is 5.91 Å². The fraction of sp³-hybridized carbons (Fsp3) is 0.419. The number of aliphatic hydroxyl groups is 2. The van der Waals surface area contributed by atoms with Crippen LogP contribution in [-0.2, 0) is 22.6 Å². The van der Waals surface area contributed by atoms with E-state index < -0.39 is 40.9 Å². The second-order valence-corrected chi connectivity index (χ2v) is 10.3. The number of rotatable bonds is 14. The van der Waals surface area contributed by atoms with Gasteiger partial charge >= 0.3 is 0 Å². The molecule has 1 unspecified atom stereocenters. The van der Waals surface area contributed by atoms with Crippen molar-refractivity contribution in [1.29, 1.82) is 0 Å². The Hall–Kier alpha value is -3.76. The van der Waals surface area contributed by atoms with Crippen LogP contribution >= 0.6 is 0 Å². The maximum atomic E-state index is 14.1. The first-order chi connectivity index (χ1) is 19.5. The summed E-state index contributed by atoms with van der Waals surface area (Å²) in [6.45, 7) is 4.92. The third-order valence-electron chi connectivity index (χ3n) is 7.52. The number of nitrogens with one attached hydrogen (secondary N) is 1. The second kappa shape index (κ2) is 14.2. The molecular weight excluding hydrogens is 532 g/mol. The summed E-state index contributed by atoms with van der Waals surface area (Å²) in [6.07, 6.45) is 1.69. The number of primary amides is 1. The third-order valence-corrected chi connectivity index (χ3v) is 7.52. The maximum Gasteiger partial charge on any atom is 0.253 e. The first-order valence-corrected chi connectivity index (χ1v) is 13.7. The largest absolute Gasteiger partial charge is 0.507 e. The average Bonchev–Trinajstić information content (AvgIpc) is 2.94. The van der Waals surface area contributed by atoms with E-state index in [1.165, 1.54) is 12.2 Å². The molecule has 0 spiro atoms. The molecule has 8 nitrogen and oxygen atoms in total. The number of halogens is 2. The molecule has 1 aliphatic rings. The summed E-state index contributed by atoms with van der Waals surface area (Å²) in [5, 5.41) is 25.3. The number of amides is 2. The van der Waals surface area contributed by atoms with Crippen LogP contribution in [0.25, 0.3) is 0 Å². The Morgan fingerprint density at radius 2 is 1.85 bits per heavy atom. The smallest absolute Gasteiger partial charge is 0.253 e. The summed E-state index contributed by atoms with van der Waals surface area (Å²) in [6, 6.07) is 10.4. The van der Waals surface area contributed by atoms with Gasteiger partial charge in [-0.3, -0.25) is 9.59 Å². The molecule has 2 aromatic rings. The number of ether oxygens (including phenoxy) is 1. The van der Waals surface area contributed by atoms with E-state index in [4.69, 9.17) is 10.5 Å². The number of carbonyl (C=O) groups is 2. The van der Waals surface area contributed by atoms with Gasteiger partial charge in [0.15, 0.2) is 0 Å². The first kappa shape index (κ1) is 31.8. The number of carbonyl (C=O) groups excluding carboxylic acids is 2. The van der Waals surface area contributed by atoms with Gasteiger partial charge in [-0.1, -0.05) is 25.1 Å². The Morgan fingerprint density at radius 3 is 2.46 bits per heavy atom. The minimum atomic E-state index is -1.64. The number of methoxy groups -OCH3 is 1. The Bertz CT molecular complexity index is 1280. The highest BCUT2D eigenvalue weighted by Crippen LogP contribution is 2.44. The molecule has 2 aromatic carbocycles. The summed E-state index contributed by atoms with van der Waals surface area (Å²) < 4.78 is 33.5. The molecule has 41 heavy (non-hydrogen) atoms. The highest BCUT2D eigenvalue weighted by Gasteiger charge is 2.49. The van der Waals surface area contributed by atoms with Crippen LogP contribution in [-0.4, -0.2) is 59.8 Å². The van der Waals surface area contributed by atoms with Crippen LogP contribution in [0.1, 0.15) is 37.8 Å². The molecule has 0 radical (unpaired) electrons. The quantitative estimate of drug-likeness (QED) is 0.274. The molecule has 0 aliphatic heterocycles. The lowest BCUT2D eigenvalue weighted by atomic mass is 9.64. The van der Waals surface area contributed by atoms with Crippen LogP contribution in [0.2, 0.25) is 0 Å². The molecule has 0 fully saturated rings. The fourth-order valence-corrected chi connectivity index (χ4v) is 5.36. The van der Waals surface area contributed by atoms with E-state index in [9.17, 15) is 28.6 Å². The van der Waals surface area contributed by atoms with Gasteiger partial charge in [0.25, 0.3) is 5.91 Å². The highest BCUT2D eigenvalue weighted by atomic mass is 19.1. The van der Waals surface area contributed by atoms with E-state index in [1.54, 1.807) is 18.1 Å². The summed E-state index contributed by atoms with van der Waals surface area (Å²) in [5.41, 5.74) is 5.42. The lowest BCUT2D eigenvalue weighted by Crippen LogP contribution is -2.51. The number of hydrogen-bond acceptors (Lipinski definition) is 6. The first-order valence-electron chi connectivity index (χ1n) is 13.7. The number of nitrogens with two attached hydrogens (primary N) is 1. The number of nitrogens with zero attached hydrogens (tertiary/aromatic N) is 1. The molecule has 2 amide bonds. The lowest BCUT2D eigenvalue weighted by Gasteiger charge is -2.41. The zero-order chi connectivity index (χ0) is 30.2. The zero-order valence-electron chi connectivity index (χ0n) is 23.7. The number of aliphatic hydroxyl groups excluding tert-OH is 2. The Labute approximate surface area is 239 Å². The van der Waals surface area contributed by atoms with Crippen molar-refractivity contribution in [2.24, 2.45) is 17.1 Å².